The van der Waals surface area contributed by atoms with Gasteiger partial charge in [-0.15, -0.1) is 11.3 Å². The number of nitrogens with zero attached hydrogens (tertiary/aromatic N) is 2. The van der Waals surface area contributed by atoms with E-state index in [0.717, 1.165) is 16.3 Å². The lowest BCUT2D eigenvalue weighted by molar-refractivity contribution is -0.136. The van der Waals surface area contributed by atoms with Crippen molar-refractivity contribution < 1.29 is 9.90 Å². The zero-order chi connectivity index (χ0) is 11.9. The maximum Gasteiger partial charge on any atom is 0.309 e. The topological polar surface area (TPSA) is 54.6 Å². The number of hydrogen-bond donors (Lipinski definition) is 1. The monoisotopic (exact) mass is 238 g/mol. The molecule has 0 aliphatic carbocycles. The second-order valence-electron chi connectivity index (χ2n) is 4.78. The highest BCUT2D eigenvalue weighted by molar-refractivity contribution is 7.15. The number of fused-ring (bicyclic) bond motifs is 1. The Labute approximate surface area is 97.6 Å². The summed E-state index contributed by atoms with van der Waals surface area (Å²) >= 11 is 1.52. The molecule has 0 amide bonds. The molecule has 2 heterocycles. The standard InChI is InChI=1S/C11H14N2O2S/c1-11(2,3)9-7(6-8(14)15)13-4-5-16-10(13)12-9/h4-5H,6H2,1-3H3,(H,14,15). The van der Waals surface area contributed by atoms with Crippen LogP contribution in [0.1, 0.15) is 32.2 Å². The minimum atomic E-state index is -0.821. The average molecular weight is 238 g/mol. The van der Waals surface area contributed by atoms with Crippen LogP contribution in [0.15, 0.2) is 11.6 Å². The summed E-state index contributed by atoms with van der Waals surface area (Å²) < 4.78 is 1.87. The molecule has 0 bridgehead atoms. The molecule has 2 aromatic heterocycles. The van der Waals surface area contributed by atoms with E-state index < -0.39 is 5.97 Å². The van der Waals surface area contributed by atoms with Crippen LogP contribution < -0.4 is 0 Å². The summed E-state index contributed by atoms with van der Waals surface area (Å²) in [4.78, 5) is 16.3. The Morgan fingerprint density at radius 2 is 2.25 bits per heavy atom. The van der Waals surface area contributed by atoms with Crippen LogP contribution in [0.3, 0.4) is 0 Å². The molecule has 4 nitrogen and oxygen atoms in total. The van der Waals surface area contributed by atoms with Gasteiger partial charge in [0, 0.05) is 17.0 Å². The zero-order valence-electron chi connectivity index (χ0n) is 9.52. The Morgan fingerprint density at radius 1 is 1.56 bits per heavy atom. The SMILES string of the molecule is CC(C)(C)c1nc2sccn2c1CC(=O)O. The van der Waals surface area contributed by atoms with Gasteiger partial charge in [0.1, 0.15) is 0 Å². The van der Waals surface area contributed by atoms with Crippen LogP contribution in [0.4, 0.5) is 0 Å². The van der Waals surface area contributed by atoms with Crippen molar-refractivity contribution in [2.24, 2.45) is 0 Å². The first-order chi connectivity index (χ1) is 7.39. The minimum Gasteiger partial charge on any atom is -0.481 e. The molecule has 0 saturated heterocycles. The molecule has 86 valence electrons. The van der Waals surface area contributed by atoms with Crippen LogP contribution in [0, 0.1) is 0 Å². The van der Waals surface area contributed by atoms with Crippen molar-refractivity contribution in [3.8, 4) is 0 Å². The highest BCUT2D eigenvalue weighted by Crippen LogP contribution is 2.28. The molecule has 0 saturated carbocycles. The van der Waals surface area contributed by atoms with Gasteiger partial charge in [0.2, 0.25) is 0 Å². The van der Waals surface area contributed by atoms with Crippen LogP contribution in [0.25, 0.3) is 4.96 Å². The average Bonchev–Trinajstić information content (AvgIpc) is 2.64. The third-order valence-electron chi connectivity index (χ3n) is 2.39. The molecular weight excluding hydrogens is 224 g/mol. The molecule has 0 aromatic carbocycles. The number of thiazole rings is 1. The predicted octanol–water partition coefficient (Wildman–Crippen LogP) is 2.32. The van der Waals surface area contributed by atoms with Gasteiger partial charge in [-0.3, -0.25) is 9.20 Å². The first kappa shape index (κ1) is 11.1. The Morgan fingerprint density at radius 3 is 2.81 bits per heavy atom. The predicted molar refractivity (Wildman–Crippen MR) is 63.1 cm³/mol. The summed E-state index contributed by atoms with van der Waals surface area (Å²) in [5.41, 5.74) is 1.54. The molecule has 0 spiro atoms. The van der Waals surface area contributed by atoms with Crippen LogP contribution >= 0.6 is 11.3 Å². The van der Waals surface area contributed by atoms with E-state index in [2.05, 4.69) is 4.98 Å². The number of imidazole rings is 1. The minimum absolute atomic E-state index is 0.0184. The Bertz CT molecular complexity index is 534. The lowest BCUT2D eigenvalue weighted by Crippen LogP contribution is -2.17. The van der Waals surface area contributed by atoms with Gasteiger partial charge in [-0.25, -0.2) is 4.98 Å². The smallest absolute Gasteiger partial charge is 0.309 e. The molecular formula is C11H14N2O2S. The van der Waals surface area contributed by atoms with Gasteiger partial charge in [-0.05, 0) is 0 Å². The van der Waals surface area contributed by atoms with E-state index in [0.29, 0.717) is 0 Å². The summed E-state index contributed by atoms with van der Waals surface area (Å²) in [5.74, 6) is -0.821. The fourth-order valence-corrected chi connectivity index (χ4v) is 2.48. The number of carbonyl (C=O) groups is 1. The van der Waals surface area contributed by atoms with E-state index in [1.165, 1.54) is 11.3 Å². The molecule has 2 aromatic rings. The molecule has 2 rings (SSSR count). The van der Waals surface area contributed by atoms with Crippen LogP contribution in [0.5, 0.6) is 0 Å². The first-order valence-corrected chi connectivity index (χ1v) is 5.94. The molecule has 1 N–H and O–H groups in total. The van der Waals surface area contributed by atoms with E-state index in [9.17, 15) is 4.79 Å². The van der Waals surface area contributed by atoms with Gasteiger partial charge in [-0.2, -0.15) is 0 Å². The van der Waals surface area contributed by atoms with Crippen molar-refractivity contribution in [1.82, 2.24) is 9.38 Å². The number of hydrogen-bond acceptors (Lipinski definition) is 3. The molecule has 0 aliphatic rings. The first-order valence-electron chi connectivity index (χ1n) is 5.06. The van der Waals surface area contributed by atoms with E-state index in [4.69, 9.17) is 5.11 Å². The number of carboxylic acid groups (broad SMARTS) is 1. The van der Waals surface area contributed by atoms with Gasteiger partial charge in [0.15, 0.2) is 4.96 Å². The molecule has 16 heavy (non-hydrogen) atoms. The number of rotatable bonds is 2. The molecule has 0 unspecified atom stereocenters. The van der Waals surface area contributed by atoms with E-state index in [1.807, 2.05) is 36.7 Å². The molecule has 0 fully saturated rings. The third-order valence-corrected chi connectivity index (χ3v) is 3.15. The summed E-state index contributed by atoms with van der Waals surface area (Å²) in [6.07, 6.45) is 1.89. The molecule has 0 aliphatic heterocycles. The van der Waals surface area contributed by atoms with Crippen molar-refractivity contribution in [3.63, 3.8) is 0 Å². The number of carboxylic acids is 1. The lowest BCUT2D eigenvalue weighted by Gasteiger charge is -2.17. The zero-order valence-corrected chi connectivity index (χ0v) is 10.3. The van der Waals surface area contributed by atoms with Gasteiger partial charge in [0.05, 0.1) is 17.8 Å². The Balaban J connectivity index is 2.63. The van der Waals surface area contributed by atoms with Gasteiger partial charge in [0.25, 0.3) is 0 Å². The number of aliphatic carboxylic acids is 1. The van der Waals surface area contributed by atoms with Crippen molar-refractivity contribution in [2.45, 2.75) is 32.6 Å². The lowest BCUT2D eigenvalue weighted by atomic mass is 9.90. The van der Waals surface area contributed by atoms with E-state index >= 15 is 0 Å². The van der Waals surface area contributed by atoms with Crippen molar-refractivity contribution in [1.29, 1.82) is 0 Å². The summed E-state index contributed by atoms with van der Waals surface area (Å²) in [7, 11) is 0. The van der Waals surface area contributed by atoms with E-state index in [-0.39, 0.29) is 11.8 Å². The van der Waals surface area contributed by atoms with Crippen molar-refractivity contribution >= 4 is 22.3 Å². The fraction of sp³-hybridized carbons (Fsp3) is 0.455. The van der Waals surface area contributed by atoms with Crippen LogP contribution in [0.2, 0.25) is 0 Å². The van der Waals surface area contributed by atoms with Gasteiger partial charge in [-0.1, -0.05) is 20.8 Å². The van der Waals surface area contributed by atoms with E-state index in [1.54, 1.807) is 0 Å². The van der Waals surface area contributed by atoms with Gasteiger partial charge < -0.3 is 5.11 Å². The van der Waals surface area contributed by atoms with Crippen molar-refractivity contribution in [3.05, 3.63) is 23.0 Å². The maximum atomic E-state index is 10.9. The second-order valence-corrected chi connectivity index (χ2v) is 5.66. The highest BCUT2D eigenvalue weighted by atomic mass is 32.1. The van der Waals surface area contributed by atoms with Crippen molar-refractivity contribution in [2.75, 3.05) is 0 Å². The normalized spacial score (nSPS) is 12.2. The van der Waals surface area contributed by atoms with Gasteiger partial charge >= 0.3 is 5.97 Å². The Hall–Kier alpha value is -1.36. The van der Waals surface area contributed by atoms with Crippen LogP contribution in [-0.2, 0) is 16.6 Å². The molecule has 5 heteroatoms. The maximum absolute atomic E-state index is 10.9. The second kappa shape index (κ2) is 3.59. The third kappa shape index (κ3) is 1.82. The highest BCUT2D eigenvalue weighted by Gasteiger charge is 2.25. The number of aromatic nitrogens is 2. The Kier molecular flexibility index (Phi) is 2.50. The largest absolute Gasteiger partial charge is 0.481 e. The summed E-state index contributed by atoms with van der Waals surface area (Å²) in [6.45, 7) is 6.14. The summed E-state index contributed by atoms with van der Waals surface area (Å²) in [5, 5.41) is 10.9. The molecule has 0 radical (unpaired) electrons. The quantitative estimate of drug-likeness (QED) is 0.873. The summed E-state index contributed by atoms with van der Waals surface area (Å²) in [6, 6.07) is 0. The molecule has 0 atom stereocenters. The van der Waals surface area contributed by atoms with Crippen LogP contribution in [-0.4, -0.2) is 20.5 Å². The fourth-order valence-electron chi connectivity index (χ4n) is 1.75.